The van der Waals surface area contributed by atoms with Crippen molar-refractivity contribution in [3.63, 3.8) is 0 Å². The summed E-state index contributed by atoms with van der Waals surface area (Å²) in [7, 11) is 0. The van der Waals surface area contributed by atoms with Gasteiger partial charge in [0, 0.05) is 17.1 Å². The third kappa shape index (κ3) is 3.08. The molecule has 1 aliphatic heterocycles. The number of nitro groups is 1. The fourth-order valence-electron chi connectivity index (χ4n) is 2.67. The molecule has 114 valence electrons. The maximum Gasteiger partial charge on any atom is 0.293 e. The standard InChI is InChI=1S/C14H18BrN3O3/c1-9(2)14(5-6-16-8-14)13(19)17-11-4-3-10(15)7-12(11)18(20)21/h3-4,7,9,16H,5-6,8H2,1-2H3,(H,17,19). The predicted molar refractivity (Wildman–Crippen MR) is 84.2 cm³/mol. The molecule has 21 heavy (non-hydrogen) atoms. The summed E-state index contributed by atoms with van der Waals surface area (Å²) in [5.41, 5.74) is -0.385. The van der Waals surface area contributed by atoms with Crippen LogP contribution in [0.4, 0.5) is 11.4 Å². The number of rotatable bonds is 4. The zero-order valence-electron chi connectivity index (χ0n) is 12.0. The van der Waals surface area contributed by atoms with Gasteiger partial charge in [0.2, 0.25) is 5.91 Å². The van der Waals surface area contributed by atoms with E-state index in [1.54, 1.807) is 12.1 Å². The van der Waals surface area contributed by atoms with Gasteiger partial charge in [0.1, 0.15) is 5.69 Å². The Hall–Kier alpha value is -1.47. The number of nitrogens with zero attached hydrogens (tertiary/aromatic N) is 1. The van der Waals surface area contributed by atoms with E-state index in [2.05, 4.69) is 26.6 Å². The Kier molecular flexibility index (Phi) is 4.63. The van der Waals surface area contributed by atoms with E-state index in [0.29, 0.717) is 11.0 Å². The Morgan fingerprint density at radius 1 is 1.52 bits per heavy atom. The summed E-state index contributed by atoms with van der Waals surface area (Å²) in [6, 6.07) is 4.62. The average molecular weight is 356 g/mol. The molecule has 1 heterocycles. The van der Waals surface area contributed by atoms with Crippen molar-refractivity contribution >= 4 is 33.2 Å². The number of carbonyl (C=O) groups is 1. The van der Waals surface area contributed by atoms with Crippen molar-refractivity contribution in [2.24, 2.45) is 11.3 Å². The zero-order chi connectivity index (χ0) is 15.6. The summed E-state index contributed by atoms with van der Waals surface area (Å²) in [6.45, 7) is 5.39. The molecule has 1 aromatic carbocycles. The van der Waals surface area contributed by atoms with Crippen LogP contribution in [0.3, 0.4) is 0 Å². The second-order valence-corrected chi connectivity index (χ2v) is 6.53. The van der Waals surface area contributed by atoms with E-state index in [4.69, 9.17) is 0 Å². The number of carbonyl (C=O) groups excluding carboxylic acids is 1. The van der Waals surface area contributed by atoms with Crippen molar-refractivity contribution < 1.29 is 9.72 Å². The molecule has 1 aromatic rings. The monoisotopic (exact) mass is 355 g/mol. The van der Waals surface area contributed by atoms with Crippen LogP contribution in [0.25, 0.3) is 0 Å². The lowest BCUT2D eigenvalue weighted by Gasteiger charge is -2.30. The summed E-state index contributed by atoms with van der Waals surface area (Å²) >= 11 is 3.20. The summed E-state index contributed by atoms with van der Waals surface area (Å²) < 4.78 is 0.605. The summed E-state index contributed by atoms with van der Waals surface area (Å²) in [5, 5.41) is 17.1. The Labute approximate surface area is 131 Å². The highest BCUT2D eigenvalue weighted by Crippen LogP contribution is 2.37. The van der Waals surface area contributed by atoms with Crippen LogP contribution in [0, 0.1) is 21.4 Å². The molecule has 1 amide bonds. The van der Waals surface area contributed by atoms with Crippen molar-refractivity contribution in [2.45, 2.75) is 20.3 Å². The molecule has 0 saturated carbocycles. The Morgan fingerprint density at radius 3 is 2.76 bits per heavy atom. The van der Waals surface area contributed by atoms with Crippen LogP contribution in [0.15, 0.2) is 22.7 Å². The first-order valence-corrected chi connectivity index (χ1v) is 7.62. The number of benzene rings is 1. The Bertz CT molecular complexity index is 569. The molecule has 2 rings (SSSR count). The van der Waals surface area contributed by atoms with Crippen LogP contribution in [-0.4, -0.2) is 23.9 Å². The SMILES string of the molecule is CC(C)C1(C(=O)Nc2ccc(Br)cc2[N+](=O)[O-])CCNC1. The van der Waals surface area contributed by atoms with Gasteiger partial charge in [-0.15, -0.1) is 0 Å². The van der Waals surface area contributed by atoms with Gasteiger partial charge in [-0.3, -0.25) is 14.9 Å². The first-order chi connectivity index (χ1) is 9.86. The molecule has 1 fully saturated rings. The fraction of sp³-hybridized carbons (Fsp3) is 0.500. The lowest BCUT2D eigenvalue weighted by molar-refractivity contribution is -0.384. The third-order valence-electron chi connectivity index (χ3n) is 4.15. The van der Waals surface area contributed by atoms with Crippen LogP contribution >= 0.6 is 15.9 Å². The number of halogens is 1. The van der Waals surface area contributed by atoms with Crippen LogP contribution in [0.5, 0.6) is 0 Å². The van der Waals surface area contributed by atoms with Gasteiger partial charge < -0.3 is 10.6 Å². The van der Waals surface area contributed by atoms with Crippen LogP contribution < -0.4 is 10.6 Å². The molecule has 2 N–H and O–H groups in total. The van der Waals surface area contributed by atoms with E-state index in [1.807, 2.05) is 13.8 Å². The fourth-order valence-corrected chi connectivity index (χ4v) is 3.02. The highest BCUT2D eigenvalue weighted by molar-refractivity contribution is 9.10. The average Bonchev–Trinajstić information content (AvgIpc) is 2.91. The second kappa shape index (κ2) is 6.11. The first kappa shape index (κ1) is 15.9. The van der Waals surface area contributed by atoms with Crippen LogP contribution in [0.2, 0.25) is 0 Å². The van der Waals surface area contributed by atoms with Crippen molar-refractivity contribution in [3.05, 3.63) is 32.8 Å². The molecule has 0 aromatic heterocycles. The predicted octanol–water partition coefficient (Wildman–Crippen LogP) is 2.93. The number of nitrogens with one attached hydrogen (secondary N) is 2. The summed E-state index contributed by atoms with van der Waals surface area (Å²) in [4.78, 5) is 23.3. The Balaban J connectivity index is 2.29. The maximum absolute atomic E-state index is 12.7. The van der Waals surface area contributed by atoms with E-state index >= 15 is 0 Å². The highest BCUT2D eigenvalue weighted by atomic mass is 79.9. The van der Waals surface area contributed by atoms with E-state index in [1.165, 1.54) is 6.07 Å². The van der Waals surface area contributed by atoms with Gasteiger partial charge in [-0.05, 0) is 31.0 Å². The molecule has 6 nitrogen and oxygen atoms in total. The molecule has 0 spiro atoms. The van der Waals surface area contributed by atoms with Crippen LogP contribution in [0.1, 0.15) is 20.3 Å². The van der Waals surface area contributed by atoms with Gasteiger partial charge in [-0.25, -0.2) is 0 Å². The van der Waals surface area contributed by atoms with Crippen molar-refractivity contribution in [3.8, 4) is 0 Å². The van der Waals surface area contributed by atoms with E-state index in [-0.39, 0.29) is 23.2 Å². The number of anilines is 1. The molecular formula is C14H18BrN3O3. The van der Waals surface area contributed by atoms with Gasteiger partial charge in [-0.1, -0.05) is 29.8 Å². The van der Waals surface area contributed by atoms with Crippen molar-refractivity contribution in [1.82, 2.24) is 5.32 Å². The number of hydrogen-bond acceptors (Lipinski definition) is 4. The molecule has 7 heteroatoms. The van der Waals surface area contributed by atoms with E-state index in [0.717, 1.165) is 13.0 Å². The Morgan fingerprint density at radius 2 is 2.24 bits per heavy atom. The molecule has 0 aliphatic carbocycles. The highest BCUT2D eigenvalue weighted by Gasteiger charge is 2.44. The summed E-state index contributed by atoms with van der Waals surface area (Å²) in [5.74, 6) is -0.00470. The number of nitro benzene ring substituents is 1. The van der Waals surface area contributed by atoms with Gasteiger partial charge in [0.15, 0.2) is 0 Å². The minimum Gasteiger partial charge on any atom is -0.320 e. The number of hydrogen-bond donors (Lipinski definition) is 2. The van der Waals surface area contributed by atoms with Gasteiger partial charge in [0.25, 0.3) is 5.69 Å². The normalized spacial score (nSPS) is 21.5. The zero-order valence-corrected chi connectivity index (χ0v) is 13.6. The smallest absolute Gasteiger partial charge is 0.293 e. The molecule has 0 bridgehead atoms. The second-order valence-electron chi connectivity index (χ2n) is 5.61. The minimum atomic E-state index is -0.513. The molecule has 0 radical (unpaired) electrons. The number of amides is 1. The lowest BCUT2D eigenvalue weighted by Crippen LogP contribution is -2.42. The van der Waals surface area contributed by atoms with Crippen LogP contribution in [-0.2, 0) is 4.79 Å². The molecule has 1 saturated heterocycles. The van der Waals surface area contributed by atoms with Crippen molar-refractivity contribution in [2.75, 3.05) is 18.4 Å². The summed E-state index contributed by atoms with van der Waals surface area (Å²) in [6.07, 6.45) is 0.737. The van der Waals surface area contributed by atoms with Gasteiger partial charge in [0.05, 0.1) is 10.3 Å². The van der Waals surface area contributed by atoms with Gasteiger partial charge in [-0.2, -0.15) is 0 Å². The lowest BCUT2D eigenvalue weighted by atomic mass is 9.75. The molecule has 1 atom stereocenters. The largest absolute Gasteiger partial charge is 0.320 e. The quantitative estimate of drug-likeness (QED) is 0.642. The first-order valence-electron chi connectivity index (χ1n) is 6.83. The molecular weight excluding hydrogens is 338 g/mol. The van der Waals surface area contributed by atoms with E-state index in [9.17, 15) is 14.9 Å². The third-order valence-corrected chi connectivity index (χ3v) is 4.64. The van der Waals surface area contributed by atoms with E-state index < -0.39 is 10.3 Å². The maximum atomic E-state index is 12.7. The molecule has 1 unspecified atom stereocenters. The minimum absolute atomic E-state index is 0.109. The molecule has 1 aliphatic rings. The van der Waals surface area contributed by atoms with Gasteiger partial charge >= 0.3 is 0 Å². The van der Waals surface area contributed by atoms with Crippen molar-refractivity contribution in [1.29, 1.82) is 0 Å². The topological polar surface area (TPSA) is 84.3 Å².